The predicted octanol–water partition coefficient (Wildman–Crippen LogP) is 5.76. The summed E-state index contributed by atoms with van der Waals surface area (Å²) in [5.41, 5.74) is 3.64. The van der Waals surface area contributed by atoms with Crippen LogP contribution in [0.2, 0.25) is 0 Å². The normalized spacial score (nSPS) is 10.6. The van der Waals surface area contributed by atoms with Gasteiger partial charge in [-0.2, -0.15) is 0 Å². The van der Waals surface area contributed by atoms with Crippen molar-refractivity contribution < 1.29 is 14.3 Å². The van der Waals surface area contributed by atoms with Crippen LogP contribution in [0.3, 0.4) is 0 Å². The van der Waals surface area contributed by atoms with Gasteiger partial charge in [-0.3, -0.25) is 9.59 Å². The summed E-state index contributed by atoms with van der Waals surface area (Å²) in [6.45, 7) is 3.73. The van der Waals surface area contributed by atoms with Gasteiger partial charge in [-0.05, 0) is 41.3 Å². The molecule has 29 heavy (non-hydrogen) atoms. The molecule has 0 bridgehead atoms. The summed E-state index contributed by atoms with van der Waals surface area (Å²) in [6.07, 6.45) is 6.00. The van der Waals surface area contributed by atoms with E-state index in [2.05, 4.69) is 6.58 Å². The van der Waals surface area contributed by atoms with Crippen LogP contribution >= 0.6 is 0 Å². The van der Waals surface area contributed by atoms with E-state index in [4.69, 9.17) is 4.74 Å². The highest BCUT2D eigenvalue weighted by atomic mass is 16.5. The quantitative estimate of drug-likeness (QED) is 0.215. The molecule has 0 unspecified atom stereocenters. The van der Waals surface area contributed by atoms with Gasteiger partial charge in [0.2, 0.25) is 0 Å². The van der Waals surface area contributed by atoms with Crippen LogP contribution in [0.5, 0.6) is 5.75 Å². The fraction of sp³-hybridized carbons (Fsp3) is 0.0769. The molecule has 0 aliphatic rings. The van der Waals surface area contributed by atoms with Gasteiger partial charge in [0.05, 0.1) is 0 Å². The summed E-state index contributed by atoms with van der Waals surface area (Å²) in [5, 5.41) is 0. The number of carbonyl (C=O) groups excluding carboxylic acids is 2. The van der Waals surface area contributed by atoms with Gasteiger partial charge in [0.15, 0.2) is 5.78 Å². The molecule has 0 fully saturated rings. The molecule has 144 valence electrons. The zero-order valence-electron chi connectivity index (χ0n) is 16.1. The number of hydrogen-bond donors (Lipinski definition) is 0. The number of ketones is 1. The Bertz CT molecular complexity index is 998. The van der Waals surface area contributed by atoms with Gasteiger partial charge >= 0.3 is 5.97 Å². The number of esters is 1. The van der Waals surface area contributed by atoms with E-state index in [1.165, 1.54) is 6.08 Å². The Labute approximate surface area is 171 Å². The van der Waals surface area contributed by atoms with Crippen LogP contribution in [0.1, 0.15) is 33.5 Å². The van der Waals surface area contributed by atoms with Gasteiger partial charge in [0, 0.05) is 12.0 Å². The van der Waals surface area contributed by atoms with E-state index in [0.29, 0.717) is 24.2 Å². The molecular weight excluding hydrogens is 360 g/mol. The number of carbonyl (C=O) groups is 2. The molecular formula is C26H22O3. The van der Waals surface area contributed by atoms with Crippen LogP contribution in [-0.4, -0.2) is 11.8 Å². The summed E-state index contributed by atoms with van der Waals surface area (Å²) in [4.78, 5) is 24.2. The summed E-state index contributed by atoms with van der Waals surface area (Å²) < 4.78 is 5.38. The summed E-state index contributed by atoms with van der Waals surface area (Å²) in [5.74, 6) is 0.158. The molecule has 0 atom stereocenters. The van der Waals surface area contributed by atoms with E-state index in [1.54, 1.807) is 36.4 Å². The van der Waals surface area contributed by atoms with Crippen molar-refractivity contribution in [3.63, 3.8) is 0 Å². The van der Waals surface area contributed by atoms with Crippen LogP contribution in [0.4, 0.5) is 0 Å². The van der Waals surface area contributed by atoms with Gasteiger partial charge in [-0.15, -0.1) is 0 Å². The second-order valence-corrected chi connectivity index (χ2v) is 6.55. The van der Waals surface area contributed by atoms with E-state index >= 15 is 0 Å². The van der Waals surface area contributed by atoms with Crippen molar-refractivity contribution in [2.75, 3.05) is 0 Å². The largest absolute Gasteiger partial charge is 0.427 e. The summed E-state index contributed by atoms with van der Waals surface area (Å²) >= 11 is 0. The van der Waals surface area contributed by atoms with Crippen molar-refractivity contribution in [2.45, 2.75) is 12.8 Å². The van der Waals surface area contributed by atoms with E-state index in [1.807, 2.05) is 54.6 Å². The van der Waals surface area contributed by atoms with Crippen molar-refractivity contribution in [3.8, 4) is 5.75 Å². The minimum atomic E-state index is -0.277. The molecule has 0 saturated carbocycles. The maximum absolute atomic E-state index is 12.1. The Morgan fingerprint density at radius 1 is 0.828 bits per heavy atom. The zero-order chi connectivity index (χ0) is 20.5. The molecule has 0 aliphatic heterocycles. The Balaban J connectivity index is 1.50. The van der Waals surface area contributed by atoms with E-state index in [9.17, 15) is 9.59 Å². The monoisotopic (exact) mass is 382 g/mol. The van der Waals surface area contributed by atoms with Crippen molar-refractivity contribution in [1.82, 2.24) is 0 Å². The Kier molecular flexibility index (Phi) is 6.90. The summed E-state index contributed by atoms with van der Waals surface area (Å²) in [7, 11) is 0. The molecule has 0 heterocycles. The van der Waals surface area contributed by atoms with Crippen molar-refractivity contribution in [3.05, 3.63) is 114 Å². The van der Waals surface area contributed by atoms with Crippen LogP contribution in [0.15, 0.2) is 91.5 Å². The van der Waals surface area contributed by atoms with Crippen LogP contribution in [-0.2, 0) is 11.2 Å². The minimum absolute atomic E-state index is 0.0535. The number of rotatable bonds is 8. The molecule has 3 aromatic rings. The lowest BCUT2D eigenvalue weighted by molar-refractivity contribution is -0.134. The highest BCUT2D eigenvalue weighted by Crippen LogP contribution is 2.15. The van der Waals surface area contributed by atoms with Gasteiger partial charge in [-0.25, -0.2) is 0 Å². The lowest BCUT2D eigenvalue weighted by Gasteiger charge is -2.05. The minimum Gasteiger partial charge on any atom is -0.427 e. The van der Waals surface area contributed by atoms with Gasteiger partial charge in [-0.1, -0.05) is 85.5 Å². The smallest absolute Gasteiger partial charge is 0.311 e. The molecule has 3 heteroatoms. The number of ether oxygens (including phenoxy) is 1. The van der Waals surface area contributed by atoms with E-state index in [-0.39, 0.29) is 11.8 Å². The Morgan fingerprint density at radius 3 is 2.14 bits per heavy atom. The van der Waals surface area contributed by atoms with Gasteiger partial charge < -0.3 is 4.74 Å². The highest BCUT2D eigenvalue weighted by molar-refractivity contribution is 6.06. The molecule has 0 aromatic heterocycles. The van der Waals surface area contributed by atoms with Crippen molar-refractivity contribution in [1.29, 1.82) is 0 Å². The second-order valence-electron chi connectivity index (χ2n) is 6.55. The lowest BCUT2D eigenvalue weighted by atomic mass is 10.1. The third kappa shape index (κ3) is 6.15. The number of allylic oxidation sites excluding steroid dienone is 1. The maximum Gasteiger partial charge on any atom is 0.311 e. The molecule has 3 nitrogen and oxygen atoms in total. The summed E-state index contributed by atoms with van der Waals surface area (Å²) in [6, 6.07) is 24.1. The Morgan fingerprint density at radius 2 is 1.48 bits per heavy atom. The van der Waals surface area contributed by atoms with Crippen molar-refractivity contribution >= 4 is 23.9 Å². The molecule has 0 saturated heterocycles. The molecule has 0 aliphatic carbocycles. The molecule has 0 radical (unpaired) electrons. The fourth-order valence-electron chi connectivity index (χ4n) is 2.77. The standard InChI is InChI=1S/C26H22O3/c1-2-20-8-10-21(11-9-20)15-19-26(28)29-24-16-12-22(13-17-24)14-18-25(27)23-6-4-3-5-7-23/h2-14,16-18H,1,15,19H2/b18-14+. The van der Waals surface area contributed by atoms with Crippen LogP contribution in [0, 0.1) is 0 Å². The third-order valence-corrected chi connectivity index (χ3v) is 4.43. The van der Waals surface area contributed by atoms with Gasteiger partial charge in [0.25, 0.3) is 0 Å². The first kappa shape index (κ1) is 20.0. The first-order valence-electron chi connectivity index (χ1n) is 9.43. The third-order valence-electron chi connectivity index (χ3n) is 4.43. The van der Waals surface area contributed by atoms with Gasteiger partial charge in [0.1, 0.15) is 5.75 Å². The average molecular weight is 382 g/mol. The Hall–Kier alpha value is -3.72. The molecule has 3 aromatic carbocycles. The van der Waals surface area contributed by atoms with Crippen LogP contribution < -0.4 is 4.74 Å². The molecule has 0 spiro atoms. The topological polar surface area (TPSA) is 43.4 Å². The van der Waals surface area contributed by atoms with Crippen molar-refractivity contribution in [2.24, 2.45) is 0 Å². The van der Waals surface area contributed by atoms with Crippen LogP contribution in [0.25, 0.3) is 12.2 Å². The fourth-order valence-corrected chi connectivity index (χ4v) is 2.77. The highest BCUT2D eigenvalue weighted by Gasteiger charge is 2.06. The average Bonchev–Trinajstić information content (AvgIpc) is 2.78. The molecule has 3 rings (SSSR count). The second kappa shape index (κ2) is 10.00. The molecule has 0 amide bonds. The first-order valence-corrected chi connectivity index (χ1v) is 9.43. The SMILES string of the molecule is C=Cc1ccc(CCC(=O)Oc2ccc(/C=C/C(=O)c3ccccc3)cc2)cc1. The number of aryl methyl sites for hydroxylation is 1. The van der Waals surface area contributed by atoms with E-state index in [0.717, 1.165) is 16.7 Å². The van der Waals surface area contributed by atoms with E-state index < -0.39 is 0 Å². The first-order chi connectivity index (χ1) is 14.1. The maximum atomic E-state index is 12.1. The number of benzene rings is 3. The molecule has 0 N–H and O–H groups in total. The zero-order valence-corrected chi connectivity index (χ0v) is 16.1. The lowest BCUT2D eigenvalue weighted by Crippen LogP contribution is -2.09. The number of hydrogen-bond acceptors (Lipinski definition) is 3. The predicted molar refractivity (Wildman–Crippen MR) is 117 cm³/mol.